The van der Waals surface area contributed by atoms with Crippen LogP contribution in [-0.2, 0) is 0 Å². The molecule has 1 aromatic rings. The number of benzene rings is 1. The van der Waals surface area contributed by atoms with Crippen molar-refractivity contribution in [1.29, 1.82) is 0 Å². The van der Waals surface area contributed by atoms with Gasteiger partial charge in [-0.25, -0.2) is 0 Å². The van der Waals surface area contributed by atoms with Crippen LogP contribution in [0.4, 0.5) is 0 Å². The first kappa shape index (κ1) is 12.8. The molecule has 1 atom stereocenters. The molecular formula is C14H21NOS. The number of nitrogens with one attached hydrogen (secondary N) is 1. The molecule has 0 radical (unpaired) electrons. The summed E-state index contributed by atoms with van der Waals surface area (Å²) < 4.78 is 5.30. The highest BCUT2D eigenvalue weighted by Gasteiger charge is 2.18. The Balaban J connectivity index is 2.22. The van der Waals surface area contributed by atoms with Gasteiger partial charge in [-0.2, -0.15) is 0 Å². The number of thioether (sulfide) groups is 1. The molecule has 0 bridgehead atoms. The van der Waals surface area contributed by atoms with Crippen LogP contribution < -0.4 is 10.1 Å². The molecule has 2 rings (SSSR count). The van der Waals surface area contributed by atoms with Gasteiger partial charge >= 0.3 is 0 Å². The van der Waals surface area contributed by atoms with Crippen LogP contribution in [0.2, 0.25) is 0 Å². The second-order valence-electron chi connectivity index (χ2n) is 4.40. The fourth-order valence-corrected chi connectivity index (χ4v) is 3.32. The maximum atomic E-state index is 5.30. The first-order chi connectivity index (χ1) is 8.35. The molecule has 3 heteroatoms. The average molecular weight is 251 g/mol. The molecule has 0 saturated carbocycles. The largest absolute Gasteiger partial charge is 0.497 e. The van der Waals surface area contributed by atoms with Crippen LogP contribution in [0.25, 0.3) is 0 Å². The zero-order valence-corrected chi connectivity index (χ0v) is 11.5. The molecule has 1 heterocycles. The van der Waals surface area contributed by atoms with Crippen molar-refractivity contribution >= 4 is 11.8 Å². The molecule has 1 unspecified atom stereocenters. The van der Waals surface area contributed by atoms with Gasteiger partial charge in [-0.15, -0.1) is 11.8 Å². The number of ether oxygens (including phenoxy) is 1. The van der Waals surface area contributed by atoms with E-state index < -0.39 is 0 Å². The minimum absolute atomic E-state index is 0.519. The molecule has 1 aliphatic heterocycles. The lowest BCUT2D eigenvalue weighted by Crippen LogP contribution is -2.22. The van der Waals surface area contributed by atoms with E-state index in [1.807, 2.05) is 11.8 Å². The lowest BCUT2D eigenvalue weighted by atomic mass is 10.0. The van der Waals surface area contributed by atoms with Gasteiger partial charge in [0, 0.05) is 10.9 Å². The van der Waals surface area contributed by atoms with Crippen molar-refractivity contribution in [3.05, 3.63) is 23.8 Å². The first-order valence-corrected chi connectivity index (χ1v) is 7.38. The lowest BCUT2D eigenvalue weighted by molar-refractivity contribution is 0.412. The normalized spacial score (nSPS) is 19.5. The van der Waals surface area contributed by atoms with Crippen molar-refractivity contribution in [1.82, 2.24) is 5.32 Å². The lowest BCUT2D eigenvalue weighted by Gasteiger charge is -2.19. The van der Waals surface area contributed by atoms with Gasteiger partial charge in [0.05, 0.1) is 7.11 Å². The van der Waals surface area contributed by atoms with Crippen molar-refractivity contribution in [2.45, 2.75) is 37.1 Å². The summed E-state index contributed by atoms with van der Waals surface area (Å²) in [4.78, 5) is 1.38. The predicted octanol–water partition coefficient (Wildman–Crippen LogP) is 3.62. The fraction of sp³-hybridized carbons (Fsp3) is 0.571. The molecule has 17 heavy (non-hydrogen) atoms. The summed E-state index contributed by atoms with van der Waals surface area (Å²) in [6, 6.07) is 6.99. The van der Waals surface area contributed by atoms with E-state index in [2.05, 4.69) is 30.4 Å². The van der Waals surface area contributed by atoms with Crippen LogP contribution in [0.15, 0.2) is 23.1 Å². The Morgan fingerprint density at radius 2 is 2.35 bits per heavy atom. The Labute approximate surface area is 108 Å². The topological polar surface area (TPSA) is 21.3 Å². The van der Waals surface area contributed by atoms with Crippen LogP contribution in [0.3, 0.4) is 0 Å². The highest BCUT2D eigenvalue weighted by Crippen LogP contribution is 2.36. The second-order valence-corrected chi connectivity index (χ2v) is 5.54. The van der Waals surface area contributed by atoms with E-state index in [9.17, 15) is 0 Å². The third kappa shape index (κ3) is 3.17. The van der Waals surface area contributed by atoms with Gasteiger partial charge in [-0.05, 0) is 49.3 Å². The molecule has 2 nitrogen and oxygen atoms in total. The van der Waals surface area contributed by atoms with Crippen LogP contribution in [-0.4, -0.2) is 19.4 Å². The zero-order chi connectivity index (χ0) is 12.1. The number of hydrogen-bond donors (Lipinski definition) is 1. The SMILES string of the molecule is CCCNC1CCCSc2cc(OC)ccc21. The maximum absolute atomic E-state index is 5.30. The molecule has 0 saturated heterocycles. The summed E-state index contributed by atoms with van der Waals surface area (Å²) in [6.07, 6.45) is 3.71. The second kappa shape index (κ2) is 6.31. The summed E-state index contributed by atoms with van der Waals surface area (Å²) in [5.74, 6) is 2.18. The highest BCUT2D eigenvalue weighted by molar-refractivity contribution is 7.99. The molecule has 1 aliphatic rings. The molecule has 94 valence electrons. The molecular weight excluding hydrogens is 230 g/mol. The van der Waals surface area contributed by atoms with Gasteiger partial charge in [-0.1, -0.05) is 13.0 Å². The highest BCUT2D eigenvalue weighted by atomic mass is 32.2. The van der Waals surface area contributed by atoms with E-state index in [-0.39, 0.29) is 0 Å². The molecule has 0 aliphatic carbocycles. The van der Waals surface area contributed by atoms with E-state index in [4.69, 9.17) is 4.74 Å². The number of rotatable bonds is 4. The Kier molecular flexibility index (Phi) is 4.75. The zero-order valence-electron chi connectivity index (χ0n) is 10.7. The Hall–Kier alpha value is -0.670. The maximum Gasteiger partial charge on any atom is 0.119 e. The minimum atomic E-state index is 0.519. The van der Waals surface area contributed by atoms with E-state index in [0.29, 0.717) is 6.04 Å². The summed E-state index contributed by atoms with van der Waals surface area (Å²) >= 11 is 1.96. The van der Waals surface area contributed by atoms with E-state index in [1.165, 1.54) is 35.5 Å². The van der Waals surface area contributed by atoms with Gasteiger partial charge in [0.1, 0.15) is 5.75 Å². The van der Waals surface area contributed by atoms with E-state index in [0.717, 1.165) is 12.3 Å². The summed E-state index contributed by atoms with van der Waals surface area (Å²) in [6.45, 7) is 3.31. The summed E-state index contributed by atoms with van der Waals surface area (Å²) in [7, 11) is 1.73. The molecule has 1 N–H and O–H groups in total. The number of fused-ring (bicyclic) bond motifs is 1. The summed E-state index contributed by atoms with van der Waals surface area (Å²) in [5, 5.41) is 3.65. The van der Waals surface area contributed by atoms with Crippen LogP contribution in [0.1, 0.15) is 37.8 Å². The van der Waals surface area contributed by atoms with Gasteiger partial charge in [-0.3, -0.25) is 0 Å². The smallest absolute Gasteiger partial charge is 0.119 e. The van der Waals surface area contributed by atoms with E-state index >= 15 is 0 Å². The van der Waals surface area contributed by atoms with Crippen LogP contribution >= 0.6 is 11.8 Å². The fourth-order valence-electron chi connectivity index (χ4n) is 2.21. The Bertz CT molecular complexity index is 367. The third-order valence-corrected chi connectivity index (χ3v) is 4.29. The van der Waals surface area contributed by atoms with Gasteiger partial charge in [0.25, 0.3) is 0 Å². The van der Waals surface area contributed by atoms with Crippen molar-refractivity contribution < 1.29 is 4.74 Å². The monoisotopic (exact) mass is 251 g/mol. The molecule has 0 aromatic heterocycles. The molecule has 0 amide bonds. The van der Waals surface area contributed by atoms with Crippen molar-refractivity contribution in [3.8, 4) is 5.75 Å². The van der Waals surface area contributed by atoms with Gasteiger partial charge < -0.3 is 10.1 Å². The Morgan fingerprint density at radius 3 is 3.12 bits per heavy atom. The minimum Gasteiger partial charge on any atom is -0.497 e. The Morgan fingerprint density at radius 1 is 1.47 bits per heavy atom. The quantitative estimate of drug-likeness (QED) is 0.883. The van der Waals surface area contributed by atoms with Crippen molar-refractivity contribution in [3.63, 3.8) is 0 Å². The van der Waals surface area contributed by atoms with E-state index in [1.54, 1.807) is 7.11 Å². The average Bonchev–Trinajstić information content (AvgIpc) is 2.57. The standard InChI is InChI=1S/C14H21NOS/c1-3-8-15-13-5-4-9-17-14-10-11(16-2)6-7-12(13)14/h6-7,10,13,15H,3-5,8-9H2,1-2H3. The van der Waals surface area contributed by atoms with Crippen LogP contribution in [0.5, 0.6) is 5.75 Å². The third-order valence-electron chi connectivity index (χ3n) is 3.13. The van der Waals surface area contributed by atoms with Crippen molar-refractivity contribution in [2.75, 3.05) is 19.4 Å². The summed E-state index contributed by atoms with van der Waals surface area (Å²) in [5.41, 5.74) is 1.45. The van der Waals surface area contributed by atoms with Crippen molar-refractivity contribution in [2.24, 2.45) is 0 Å². The predicted molar refractivity (Wildman–Crippen MR) is 74.0 cm³/mol. The first-order valence-electron chi connectivity index (χ1n) is 6.39. The van der Waals surface area contributed by atoms with Gasteiger partial charge in [0.2, 0.25) is 0 Å². The number of methoxy groups -OCH3 is 1. The molecule has 0 spiro atoms. The molecule has 1 aromatic carbocycles. The molecule has 0 fully saturated rings. The van der Waals surface area contributed by atoms with Crippen LogP contribution in [0, 0.1) is 0 Å². The van der Waals surface area contributed by atoms with Gasteiger partial charge in [0.15, 0.2) is 0 Å². The number of hydrogen-bond acceptors (Lipinski definition) is 3.